The van der Waals surface area contributed by atoms with E-state index >= 15 is 0 Å². The molecule has 799 valence electrons. The molecular formula is C98H113BCl5F4N16O14S10U. The second-order valence-electron chi connectivity index (χ2n) is 37.2. The van der Waals surface area contributed by atoms with E-state index in [2.05, 4.69) is 125 Å². The van der Waals surface area contributed by atoms with Gasteiger partial charge in [-0.2, -0.15) is 23.7 Å². The van der Waals surface area contributed by atoms with Crippen molar-refractivity contribution in [3.8, 4) is 22.3 Å². The van der Waals surface area contributed by atoms with Crippen LogP contribution in [0.2, 0.25) is 20.1 Å². The van der Waals surface area contributed by atoms with Gasteiger partial charge >= 0.3 is 24.1 Å². The number of halogens is 9. The van der Waals surface area contributed by atoms with E-state index in [1.807, 2.05) is 115 Å². The average molecular weight is 2570 g/mol. The van der Waals surface area contributed by atoms with E-state index in [1.165, 1.54) is 56.3 Å². The first kappa shape index (κ1) is 126. The van der Waals surface area contributed by atoms with Gasteiger partial charge in [0.2, 0.25) is 23.6 Å². The number of alkyl halides is 4. The normalized spacial score (nSPS) is 22.0. The maximum atomic E-state index is 14.6. The Bertz CT molecular complexity index is 6540. The Morgan fingerprint density at radius 3 is 1.13 bits per heavy atom. The number of Topliss-reactive ketones (excluding diaryl/α,β-unsaturated/α-hetero) is 2. The Labute approximate surface area is 960 Å². The van der Waals surface area contributed by atoms with Gasteiger partial charge in [0.25, 0.3) is 0 Å². The summed E-state index contributed by atoms with van der Waals surface area (Å²) < 4.78 is 79.1. The van der Waals surface area contributed by atoms with Crippen molar-refractivity contribution in [2.24, 2.45) is 5.73 Å². The number of rotatable bonds is 19. The van der Waals surface area contributed by atoms with Crippen molar-refractivity contribution in [1.82, 2.24) is 75.5 Å². The number of hydrogen-bond donors (Lipinski definition) is 7. The molecule has 4 aliphatic heterocycles. The molecule has 8 N–H and O–H groups in total. The Hall–Kier alpha value is -8.34. The largest absolute Gasteiger partial charge is 0.480 e. The van der Waals surface area contributed by atoms with Gasteiger partial charge in [-0.3, -0.25) is 52.7 Å². The van der Waals surface area contributed by atoms with Crippen LogP contribution in [0.5, 0.6) is 0 Å². The van der Waals surface area contributed by atoms with Crippen LogP contribution in [0.25, 0.3) is 44.1 Å². The van der Waals surface area contributed by atoms with Gasteiger partial charge in [-0.05, 0) is 166 Å². The van der Waals surface area contributed by atoms with E-state index in [1.54, 1.807) is 92.3 Å². The molecule has 4 aromatic heterocycles. The molecule has 0 spiro atoms. The van der Waals surface area contributed by atoms with Crippen LogP contribution in [0.15, 0.2) is 158 Å². The quantitative estimate of drug-likeness (QED) is 0.0225. The summed E-state index contributed by atoms with van der Waals surface area (Å²) in [5.41, 5.74) is 13.5. The SMILES string of the molecule is CC(=O)c1nn(CC(=O)N2C[C@H](F)C[C@H]2C(=O)N[C@@H]2CC2c2ccccc2Cl)c2ccc(-c3cnc(C)nc3)cc12.CC(=O)c1nn(CC(=O)O)c2ccc(-c3cnc(C)nc3)cc12.CC(C)(C)OC(=O)N1C[C@H](F)C[C@H]1C(=O)NC1CC1c1ccccc1Cl.CC(C)(C)OC(=O)N1C[C@H](F)C[C@H]1C(=O)O.Cl.NC1CC1c1ccccc1Cl.O=C(NC1CC1c1ccccc1Cl)[C@@H]1C[C@@H](F)CN1.S.S=S.S=S=S.S=S=S=S.[3H][B][3H].[U]. The summed E-state index contributed by atoms with van der Waals surface area (Å²) in [5.74, 6) is -1.56. The van der Waals surface area contributed by atoms with E-state index < -0.39 is 84.0 Å². The van der Waals surface area contributed by atoms with Crippen molar-refractivity contribution in [2.75, 3.05) is 26.2 Å². The van der Waals surface area contributed by atoms with Crippen molar-refractivity contribution in [3.63, 3.8) is 0 Å². The monoisotopic (exact) mass is 2560 g/mol. The van der Waals surface area contributed by atoms with Gasteiger partial charge in [0.05, 0.1) is 45.0 Å². The topological polar surface area (TPSA) is 401 Å². The molecule has 6 aromatic carbocycles. The number of carbonyl (C=O) groups is 10. The van der Waals surface area contributed by atoms with Gasteiger partial charge in [0.1, 0.15) is 90.1 Å². The minimum atomic E-state index is -1.31. The molecule has 4 aliphatic carbocycles. The molecule has 8 fully saturated rings. The predicted molar refractivity (Wildman–Crippen MR) is 597 cm³/mol. The fourth-order valence-corrected chi connectivity index (χ4v) is 17.9. The smallest absolute Gasteiger partial charge is 0.411 e. The number of nitrogens with zero attached hydrogens (tertiary/aromatic N) is 11. The Morgan fingerprint density at radius 1 is 0.497 bits per heavy atom. The number of ketones is 2. The number of aromatic nitrogens is 8. The molecule has 149 heavy (non-hydrogen) atoms. The van der Waals surface area contributed by atoms with Crippen LogP contribution < -0.4 is 27.0 Å². The summed E-state index contributed by atoms with van der Waals surface area (Å²) in [7, 11) is 3.76. The molecule has 1 radical (unpaired) electrons. The van der Waals surface area contributed by atoms with Crippen molar-refractivity contribution in [1.29, 1.82) is 2.67 Å². The van der Waals surface area contributed by atoms with Crippen molar-refractivity contribution in [3.05, 3.63) is 224 Å². The molecule has 8 aliphatic rings. The Morgan fingerprint density at radius 2 is 0.819 bits per heavy atom. The van der Waals surface area contributed by atoms with Gasteiger partial charge in [-0.15, -0.1) is 12.4 Å². The second-order valence-corrected chi connectivity index (χ2v) is 44.1. The standard InChI is InChI=1S/C30H28ClFN6O3.C19H24ClFN2O3.C16H14N4O3.C14H16ClFN2O.C10H16FNO4.C9H10ClN.BH2.ClH.S4.S3.S2.H2S.U/c1-16(39)29-23-9-18(19-12-33-17(2)34-13-19)7-8-26(23)38(36-29)15-28(40)37-14-20(32)10-27(37)30(41)35-25-11-22(25)21-5-3-4-6-24(21)31;1-19(2,3)26-18(25)23-10-11(21)8-16(23)17(24)22-15-9-13(15)12-6-4-5-7-14(12)20;1-9(21)16-13-5-11(12-6-17-10(2)18-7-12)3-4-14(13)20(19-16)8-15(22)23;15-11-4-2-1-3-9(11)10-6-12(10)18-14(19)13-5-8(16)7-17-13;1-10(2,3)16-9(15)12-5-6(11)4-7(12)8(13)14;10-8-4-2-1-3-6(8)7-5-9(7)11;;;1-3-4-2;1-3-2;1-2;;/h3-9,12-13,20,22,25,27H,10-11,14-15H2,1-2H3,(H,35,41);4-7,11,13,15-16H,8-10H2,1-3H3,(H,22,24);3-7H,8H2,1-2H3,(H,22,23);1-4,8,10,12-13,17H,5-7H2,(H,18,19);6-7H,4-5H2,1-3H3,(H,13,14);1-4,7,9H,5,11H2;1H2;1H;;;;1H2;/t20-,22?,25-,27+;11-,13?,15?,16+;;8-,10?,12?,13+;6-,7+;;;;;;;;/m11.11......../s1/i;;;;;;1T2;;;;;;. The third-order valence-electron chi connectivity index (χ3n) is 24.0. The molecule has 4 saturated carbocycles. The minimum absolute atomic E-state index is 0. The second kappa shape index (κ2) is 59.9. The van der Waals surface area contributed by atoms with E-state index in [-0.39, 0.29) is 199 Å². The molecule has 18 rings (SSSR count). The van der Waals surface area contributed by atoms with Gasteiger partial charge in [-0.1, -0.05) is 131 Å². The van der Waals surface area contributed by atoms with Gasteiger partial charge in [0.15, 0.2) is 11.6 Å². The number of benzene rings is 6. The fourth-order valence-electron chi connectivity index (χ4n) is 16.8. The maximum absolute atomic E-state index is 14.6. The van der Waals surface area contributed by atoms with Crippen molar-refractivity contribution >= 4 is 256 Å². The number of hydrogen-bond acceptors (Lipinski definition) is 26. The average Bonchev–Trinajstić information content (AvgIpc) is 1.63. The number of nitrogens with one attached hydrogen (secondary N) is 4. The van der Waals surface area contributed by atoms with Crippen LogP contribution >= 0.6 is 72.3 Å². The van der Waals surface area contributed by atoms with Crippen molar-refractivity contribution < 1.29 is 116 Å². The molecule has 7 unspecified atom stereocenters. The van der Waals surface area contributed by atoms with Crippen molar-refractivity contribution in [2.45, 2.75) is 242 Å². The first-order chi connectivity index (χ1) is 70.2. The molecule has 16 atom stereocenters. The van der Waals surface area contributed by atoms with Gasteiger partial charge < -0.3 is 51.6 Å². The number of amides is 6. The van der Waals surface area contributed by atoms with E-state index in [0.717, 1.165) is 88.5 Å². The Balaban J connectivity index is 0.000000280. The number of fused-ring (bicyclic) bond motifs is 2. The molecule has 4 saturated heterocycles. The van der Waals surface area contributed by atoms with Crippen LogP contribution in [0.4, 0.5) is 27.2 Å². The molecular weight excluding hydrogens is 2450 g/mol. The third kappa shape index (κ3) is 37.5. The number of nitrogens with two attached hydrogens (primary N) is 1. The van der Waals surface area contributed by atoms with Crippen LogP contribution in [-0.2, 0) is 145 Å². The number of carbonyl (C=O) groups excluding carboxylic acids is 8. The number of aliphatic carboxylic acids is 2. The zero-order chi connectivity index (χ0) is 109. The summed E-state index contributed by atoms with van der Waals surface area (Å²) in [6.45, 7) is 15.9. The van der Waals surface area contributed by atoms with E-state index in [9.17, 15) is 65.5 Å². The summed E-state index contributed by atoms with van der Waals surface area (Å²) in [5, 5.41) is 42.3. The molecule has 30 nitrogen and oxygen atoms in total. The summed E-state index contributed by atoms with van der Waals surface area (Å²) in [4.78, 5) is 141. The van der Waals surface area contributed by atoms with E-state index in [4.69, 9.17) is 74.5 Å². The van der Waals surface area contributed by atoms with Gasteiger partial charge in [-0.25, -0.2) is 51.9 Å². The first-order valence-corrected chi connectivity index (χ1v) is 55.2. The summed E-state index contributed by atoms with van der Waals surface area (Å²) in [6, 6.07) is 38.6. The molecule has 6 amide bonds. The molecule has 8 heterocycles. The number of ether oxygens (including phenoxy) is 2. The summed E-state index contributed by atoms with van der Waals surface area (Å²) >= 11 is 48.9. The number of aryl methyl sites for hydroxylation is 2. The van der Waals surface area contributed by atoms with E-state index in [0.29, 0.717) is 69.7 Å². The van der Waals surface area contributed by atoms with Gasteiger partial charge in [0, 0.05) is 286 Å². The first-order valence-electron chi connectivity index (χ1n) is 46.9. The van der Waals surface area contributed by atoms with Crippen LogP contribution in [0, 0.1) is 45.0 Å². The van der Waals surface area contributed by atoms with Crippen LogP contribution in [0.3, 0.4) is 0 Å². The Kier molecular flexibility index (Phi) is 50.6. The van der Waals surface area contributed by atoms with Crippen LogP contribution in [-0.4, -0.2) is 245 Å². The van der Waals surface area contributed by atoms with Crippen LogP contribution in [0.1, 0.15) is 185 Å². The number of carboxylic acids is 2. The predicted octanol–water partition coefficient (Wildman–Crippen LogP) is 15.2. The minimum Gasteiger partial charge on any atom is -0.480 e. The summed E-state index contributed by atoms with van der Waals surface area (Å²) in [6.07, 6.45) is 4.19. The number of likely N-dealkylation sites (tertiary alicyclic amines) is 3. The zero-order valence-corrected chi connectivity index (χ0v) is 98.5. The molecule has 51 heteroatoms. The molecule has 10 aromatic rings. The third-order valence-corrected chi connectivity index (χ3v) is 27.6. The molecule has 0 bridgehead atoms. The fraction of sp³-hybridized carbons (Fsp3) is 0.429. The zero-order valence-electron chi connectivity index (χ0n) is 84.1. The number of carboxylic acid groups (broad SMARTS) is 2. The maximum Gasteiger partial charge on any atom is 0.411 e.